The van der Waals surface area contributed by atoms with Crippen molar-refractivity contribution in [2.75, 3.05) is 6.61 Å². The lowest BCUT2D eigenvalue weighted by Gasteiger charge is -2.28. The minimum Gasteiger partial charge on any atom is -0.492 e. The molecule has 0 fully saturated rings. The lowest BCUT2D eigenvalue weighted by Crippen LogP contribution is -2.36. The third-order valence-corrected chi connectivity index (χ3v) is 5.33. The van der Waals surface area contributed by atoms with Gasteiger partial charge in [0.2, 0.25) is 0 Å². The highest BCUT2D eigenvalue weighted by Crippen LogP contribution is 2.24. The zero-order chi connectivity index (χ0) is 23.6. The van der Waals surface area contributed by atoms with Gasteiger partial charge in [0.1, 0.15) is 11.5 Å². The first-order valence-corrected chi connectivity index (χ1v) is 11.2. The van der Waals surface area contributed by atoms with E-state index in [4.69, 9.17) is 14.3 Å². The largest absolute Gasteiger partial charge is 0.492 e. The minimum atomic E-state index is -0.778. The second-order valence-corrected chi connectivity index (χ2v) is 8.12. The second kappa shape index (κ2) is 11.9. The Morgan fingerprint density at radius 2 is 1.88 bits per heavy atom. The number of aliphatic carboxylic acids is 1. The lowest BCUT2D eigenvalue weighted by atomic mass is 10.1. The van der Waals surface area contributed by atoms with Gasteiger partial charge in [-0.3, -0.25) is 14.6 Å². The van der Waals surface area contributed by atoms with Crippen molar-refractivity contribution >= 4 is 11.9 Å². The molecule has 3 aromatic rings. The van der Waals surface area contributed by atoms with Crippen LogP contribution in [0, 0.1) is 0 Å². The molecule has 33 heavy (non-hydrogen) atoms. The van der Waals surface area contributed by atoms with Crippen LogP contribution in [0.3, 0.4) is 0 Å². The summed E-state index contributed by atoms with van der Waals surface area (Å²) in [6.45, 7) is 4.84. The van der Waals surface area contributed by atoms with Crippen molar-refractivity contribution in [3.8, 4) is 17.1 Å². The van der Waals surface area contributed by atoms with Crippen molar-refractivity contribution in [3.05, 3.63) is 72.2 Å². The van der Waals surface area contributed by atoms with Crippen molar-refractivity contribution in [1.82, 2.24) is 9.88 Å². The maximum Gasteiger partial charge on any atom is 0.303 e. The summed E-state index contributed by atoms with van der Waals surface area (Å²) >= 11 is 0. The number of carbonyl (C=O) groups excluding carboxylic acids is 1. The molecule has 2 heterocycles. The first-order valence-electron chi connectivity index (χ1n) is 11.2. The van der Waals surface area contributed by atoms with Gasteiger partial charge in [0, 0.05) is 35.3 Å². The number of carbonyl (C=O) groups is 2. The van der Waals surface area contributed by atoms with Gasteiger partial charge >= 0.3 is 5.97 Å². The predicted octanol–water partition coefficient (Wildman–Crippen LogP) is 5.42. The predicted molar refractivity (Wildman–Crippen MR) is 125 cm³/mol. The minimum absolute atomic E-state index is 0.0146. The first kappa shape index (κ1) is 24.0. The van der Waals surface area contributed by atoms with Crippen LogP contribution in [-0.2, 0) is 11.3 Å². The van der Waals surface area contributed by atoms with Gasteiger partial charge in [0.15, 0.2) is 0 Å². The molecule has 0 aliphatic rings. The molecule has 0 radical (unpaired) electrons. The molecule has 2 aromatic heterocycles. The summed E-state index contributed by atoms with van der Waals surface area (Å²) in [7, 11) is 0. The van der Waals surface area contributed by atoms with Crippen molar-refractivity contribution in [3.63, 3.8) is 0 Å². The molecule has 1 amide bonds. The number of benzene rings is 1. The van der Waals surface area contributed by atoms with Gasteiger partial charge in [-0.05, 0) is 63.4 Å². The summed E-state index contributed by atoms with van der Waals surface area (Å²) in [4.78, 5) is 29.9. The normalized spacial score (nSPS) is 10.9. The number of nitrogens with zero attached hydrogens (tertiary/aromatic N) is 2. The Kier molecular flexibility index (Phi) is 8.63. The molecule has 3 rings (SSSR count). The standard InChI is InChI=1S/C26H30N2O5/c1-19(2)28(26(31)21-11-9-20(10-12-21)23-7-6-16-32-23)18-22-13-14-27-17-24(22)33-15-5-3-4-8-25(29)30/h6-7,9-14,16-17,19H,3-5,8,15,18H2,1-2H3,(H,29,30). The molecule has 0 aliphatic carbocycles. The Morgan fingerprint density at radius 3 is 2.55 bits per heavy atom. The van der Waals surface area contributed by atoms with E-state index in [0.29, 0.717) is 30.9 Å². The van der Waals surface area contributed by atoms with Gasteiger partial charge in [0.05, 0.1) is 25.6 Å². The van der Waals surface area contributed by atoms with E-state index in [1.54, 1.807) is 23.6 Å². The Morgan fingerprint density at radius 1 is 1.09 bits per heavy atom. The van der Waals surface area contributed by atoms with E-state index < -0.39 is 5.97 Å². The average Bonchev–Trinajstić information content (AvgIpc) is 3.35. The molecule has 0 saturated carbocycles. The smallest absolute Gasteiger partial charge is 0.303 e. The summed E-state index contributed by atoms with van der Waals surface area (Å²) in [5.74, 6) is 0.561. The lowest BCUT2D eigenvalue weighted by molar-refractivity contribution is -0.137. The maximum absolute atomic E-state index is 13.3. The second-order valence-electron chi connectivity index (χ2n) is 8.12. The summed E-state index contributed by atoms with van der Waals surface area (Å²) < 4.78 is 11.3. The number of furan rings is 1. The molecule has 0 saturated heterocycles. The van der Waals surface area contributed by atoms with Crippen LogP contribution >= 0.6 is 0 Å². The number of pyridine rings is 1. The molecule has 1 aromatic carbocycles. The summed E-state index contributed by atoms with van der Waals surface area (Å²) in [6.07, 6.45) is 7.32. The number of rotatable bonds is 12. The van der Waals surface area contributed by atoms with Gasteiger partial charge in [-0.25, -0.2) is 0 Å². The van der Waals surface area contributed by atoms with Crippen LogP contribution in [0.4, 0.5) is 0 Å². The molecule has 0 aliphatic heterocycles. The monoisotopic (exact) mass is 450 g/mol. The third kappa shape index (κ3) is 6.94. The topological polar surface area (TPSA) is 92.9 Å². The number of hydrogen-bond acceptors (Lipinski definition) is 5. The summed E-state index contributed by atoms with van der Waals surface area (Å²) in [6, 6.07) is 13.0. The number of unbranched alkanes of at least 4 members (excludes halogenated alkanes) is 2. The number of hydrogen-bond donors (Lipinski definition) is 1. The SMILES string of the molecule is CC(C)N(Cc1ccncc1OCCCCCC(=O)O)C(=O)c1ccc(-c2ccco2)cc1. The van der Waals surface area contributed by atoms with Gasteiger partial charge in [0.25, 0.3) is 5.91 Å². The van der Waals surface area contributed by atoms with Crippen molar-refractivity contribution in [2.45, 2.75) is 52.1 Å². The van der Waals surface area contributed by atoms with Crippen molar-refractivity contribution in [1.29, 1.82) is 0 Å². The fourth-order valence-electron chi connectivity index (χ4n) is 3.46. The van der Waals surface area contributed by atoms with Crippen LogP contribution in [0.25, 0.3) is 11.3 Å². The Balaban J connectivity index is 1.64. The number of amides is 1. The fraction of sp³-hybridized carbons (Fsp3) is 0.346. The van der Waals surface area contributed by atoms with E-state index in [9.17, 15) is 9.59 Å². The zero-order valence-corrected chi connectivity index (χ0v) is 19.1. The highest BCUT2D eigenvalue weighted by atomic mass is 16.5. The first-order chi connectivity index (χ1) is 16.0. The van der Waals surface area contributed by atoms with Crippen molar-refractivity contribution in [2.24, 2.45) is 0 Å². The highest BCUT2D eigenvalue weighted by molar-refractivity contribution is 5.94. The Labute approximate surface area is 194 Å². The van der Waals surface area contributed by atoms with Gasteiger partial charge in [-0.2, -0.15) is 0 Å². The van der Waals surface area contributed by atoms with Crippen LogP contribution in [0.5, 0.6) is 5.75 Å². The summed E-state index contributed by atoms with van der Waals surface area (Å²) in [5, 5.41) is 8.72. The van der Waals surface area contributed by atoms with Crippen LogP contribution in [-0.4, -0.2) is 39.5 Å². The van der Waals surface area contributed by atoms with Crippen LogP contribution in [0.15, 0.2) is 65.5 Å². The molecule has 0 atom stereocenters. The molecule has 174 valence electrons. The molecular weight excluding hydrogens is 420 g/mol. The van der Waals surface area contributed by atoms with Gasteiger partial charge < -0.3 is 19.2 Å². The summed E-state index contributed by atoms with van der Waals surface area (Å²) in [5.41, 5.74) is 2.40. The quantitative estimate of drug-likeness (QED) is 0.371. The molecular formula is C26H30N2O5. The average molecular weight is 451 g/mol. The maximum atomic E-state index is 13.3. The number of carboxylic acid groups (broad SMARTS) is 1. The molecule has 0 bridgehead atoms. The van der Waals surface area contributed by atoms with Crippen LogP contribution < -0.4 is 4.74 Å². The van der Waals surface area contributed by atoms with E-state index in [1.807, 2.05) is 56.3 Å². The Hall–Kier alpha value is -3.61. The van der Waals surface area contributed by atoms with Crippen molar-refractivity contribution < 1.29 is 23.8 Å². The number of carboxylic acids is 1. The van der Waals surface area contributed by atoms with Crippen LogP contribution in [0.2, 0.25) is 0 Å². The third-order valence-electron chi connectivity index (χ3n) is 5.33. The van der Waals surface area contributed by atoms with Gasteiger partial charge in [-0.15, -0.1) is 0 Å². The Bertz CT molecular complexity index is 1030. The van der Waals surface area contributed by atoms with E-state index in [-0.39, 0.29) is 18.4 Å². The zero-order valence-electron chi connectivity index (χ0n) is 19.1. The number of aromatic nitrogens is 1. The van der Waals surface area contributed by atoms with Gasteiger partial charge in [-0.1, -0.05) is 12.1 Å². The molecule has 0 unspecified atom stereocenters. The van der Waals surface area contributed by atoms with E-state index in [1.165, 1.54) is 0 Å². The van der Waals surface area contributed by atoms with Crippen LogP contribution in [0.1, 0.15) is 55.5 Å². The molecule has 7 nitrogen and oxygen atoms in total. The van der Waals surface area contributed by atoms with E-state index in [2.05, 4.69) is 4.98 Å². The number of ether oxygens (including phenoxy) is 1. The molecule has 0 spiro atoms. The highest BCUT2D eigenvalue weighted by Gasteiger charge is 2.21. The van der Waals surface area contributed by atoms with E-state index in [0.717, 1.165) is 29.7 Å². The van der Waals surface area contributed by atoms with E-state index >= 15 is 0 Å². The molecule has 1 N–H and O–H groups in total. The fourth-order valence-corrected chi connectivity index (χ4v) is 3.46. The molecule has 7 heteroatoms.